The largest absolute Gasteiger partial charge is 0.497 e. The molecule has 0 aliphatic heterocycles. The molecule has 18 heavy (non-hydrogen) atoms. The van der Waals surface area contributed by atoms with E-state index in [-0.39, 0.29) is 0 Å². The highest BCUT2D eigenvalue weighted by Crippen LogP contribution is 2.33. The molecule has 0 atom stereocenters. The first-order valence-corrected chi connectivity index (χ1v) is 5.65. The number of aromatic nitrogens is 1. The van der Waals surface area contributed by atoms with Gasteiger partial charge in [-0.2, -0.15) is 0 Å². The average molecular weight is 248 g/mol. The van der Waals surface area contributed by atoms with E-state index in [2.05, 4.69) is 4.98 Å². The van der Waals surface area contributed by atoms with Crippen molar-refractivity contribution >= 4 is 0 Å². The average Bonchev–Trinajstić information content (AvgIpc) is 2.87. The highest BCUT2D eigenvalue weighted by Gasteiger charge is 2.12. The summed E-state index contributed by atoms with van der Waals surface area (Å²) in [5, 5.41) is 0. The summed E-state index contributed by atoms with van der Waals surface area (Å²) in [6, 6.07) is 5.54. The second-order valence-electron chi connectivity index (χ2n) is 3.72. The molecule has 0 fully saturated rings. The predicted molar refractivity (Wildman–Crippen MR) is 67.8 cm³/mol. The molecule has 1 aromatic carbocycles. The van der Waals surface area contributed by atoms with Crippen LogP contribution in [0.2, 0.25) is 0 Å². The van der Waals surface area contributed by atoms with Crippen molar-refractivity contribution in [2.45, 2.75) is 6.42 Å². The van der Waals surface area contributed by atoms with Gasteiger partial charge in [-0.05, 0) is 12.1 Å². The number of oxazole rings is 1. The van der Waals surface area contributed by atoms with Crippen LogP contribution in [0.25, 0.3) is 11.3 Å². The Hall–Kier alpha value is -2.01. The third kappa shape index (κ3) is 2.46. The van der Waals surface area contributed by atoms with E-state index >= 15 is 0 Å². The SMILES string of the molecule is COc1ccc(-c2cnc(CCN)o2)c(OC)c1. The van der Waals surface area contributed by atoms with Gasteiger partial charge in [-0.1, -0.05) is 0 Å². The van der Waals surface area contributed by atoms with Gasteiger partial charge in [0, 0.05) is 19.0 Å². The maximum atomic E-state index is 5.61. The van der Waals surface area contributed by atoms with Crippen LogP contribution in [0.1, 0.15) is 5.89 Å². The van der Waals surface area contributed by atoms with Crippen LogP contribution in [0, 0.1) is 0 Å². The summed E-state index contributed by atoms with van der Waals surface area (Å²) in [7, 11) is 3.22. The minimum atomic E-state index is 0.514. The van der Waals surface area contributed by atoms with Crippen molar-refractivity contribution in [3.63, 3.8) is 0 Å². The molecule has 0 unspecified atom stereocenters. The highest BCUT2D eigenvalue weighted by molar-refractivity contribution is 5.66. The number of rotatable bonds is 5. The van der Waals surface area contributed by atoms with Crippen LogP contribution in [-0.4, -0.2) is 25.7 Å². The van der Waals surface area contributed by atoms with Gasteiger partial charge in [-0.3, -0.25) is 0 Å². The molecule has 0 saturated heterocycles. The van der Waals surface area contributed by atoms with Crippen molar-refractivity contribution in [1.82, 2.24) is 4.98 Å². The Kier molecular flexibility index (Phi) is 3.84. The molecular formula is C13H16N2O3. The summed E-state index contributed by atoms with van der Waals surface area (Å²) in [5.74, 6) is 2.71. The molecule has 1 aromatic heterocycles. The third-order valence-corrected chi connectivity index (χ3v) is 2.59. The van der Waals surface area contributed by atoms with Crippen molar-refractivity contribution in [3.8, 4) is 22.8 Å². The Balaban J connectivity index is 2.36. The number of nitrogens with zero attached hydrogens (tertiary/aromatic N) is 1. The van der Waals surface area contributed by atoms with Crippen LogP contribution in [0.4, 0.5) is 0 Å². The zero-order valence-corrected chi connectivity index (χ0v) is 10.5. The second-order valence-corrected chi connectivity index (χ2v) is 3.72. The molecule has 5 heteroatoms. The van der Waals surface area contributed by atoms with E-state index < -0.39 is 0 Å². The number of nitrogens with two attached hydrogens (primary N) is 1. The Morgan fingerprint density at radius 2 is 2.11 bits per heavy atom. The molecule has 0 aliphatic rings. The van der Waals surface area contributed by atoms with Gasteiger partial charge in [-0.15, -0.1) is 0 Å². The minimum absolute atomic E-state index is 0.514. The molecule has 5 nitrogen and oxygen atoms in total. The topological polar surface area (TPSA) is 70.5 Å². The molecule has 2 rings (SSSR count). The summed E-state index contributed by atoms with van der Waals surface area (Å²) in [5.41, 5.74) is 6.30. The van der Waals surface area contributed by atoms with E-state index in [9.17, 15) is 0 Å². The predicted octanol–water partition coefficient (Wildman–Crippen LogP) is 1.86. The Morgan fingerprint density at radius 3 is 2.78 bits per heavy atom. The van der Waals surface area contributed by atoms with E-state index in [1.165, 1.54) is 0 Å². The summed E-state index contributed by atoms with van der Waals surface area (Å²) in [4.78, 5) is 4.17. The fourth-order valence-electron chi connectivity index (χ4n) is 1.68. The fraction of sp³-hybridized carbons (Fsp3) is 0.308. The van der Waals surface area contributed by atoms with Crippen molar-refractivity contribution in [2.24, 2.45) is 5.73 Å². The molecule has 2 N–H and O–H groups in total. The van der Waals surface area contributed by atoms with E-state index in [1.54, 1.807) is 26.5 Å². The Morgan fingerprint density at radius 1 is 1.28 bits per heavy atom. The van der Waals surface area contributed by atoms with E-state index in [1.807, 2.05) is 12.1 Å². The quantitative estimate of drug-likeness (QED) is 0.874. The van der Waals surface area contributed by atoms with Gasteiger partial charge >= 0.3 is 0 Å². The lowest BCUT2D eigenvalue weighted by molar-refractivity contribution is 0.394. The molecule has 0 saturated carbocycles. The van der Waals surface area contributed by atoms with Crippen LogP contribution >= 0.6 is 0 Å². The number of ether oxygens (including phenoxy) is 2. The number of hydrogen-bond acceptors (Lipinski definition) is 5. The molecule has 0 aliphatic carbocycles. The van der Waals surface area contributed by atoms with Crippen molar-refractivity contribution < 1.29 is 13.9 Å². The monoisotopic (exact) mass is 248 g/mol. The van der Waals surface area contributed by atoms with E-state index in [4.69, 9.17) is 19.6 Å². The van der Waals surface area contributed by atoms with Gasteiger partial charge in [0.15, 0.2) is 11.7 Å². The maximum Gasteiger partial charge on any atom is 0.196 e. The van der Waals surface area contributed by atoms with E-state index in [0.717, 1.165) is 11.3 Å². The molecule has 1 heterocycles. The van der Waals surface area contributed by atoms with Crippen molar-refractivity contribution in [2.75, 3.05) is 20.8 Å². The first kappa shape index (κ1) is 12.4. The van der Waals surface area contributed by atoms with E-state index in [0.29, 0.717) is 30.4 Å². The van der Waals surface area contributed by atoms with Gasteiger partial charge in [0.1, 0.15) is 11.5 Å². The lowest BCUT2D eigenvalue weighted by Gasteiger charge is -2.07. The Bertz CT molecular complexity index is 523. The zero-order valence-electron chi connectivity index (χ0n) is 10.5. The van der Waals surface area contributed by atoms with Crippen LogP contribution < -0.4 is 15.2 Å². The van der Waals surface area contributed by atoms with Gasteiger partial charge in [-0.25, -0.2) is 4.98 Å². The summed E-state index contributed by atoms with van der Waals surface area (Å²) < 4.78 is 16.1. The molecule has 96 valence electrons. The number of methoxy groups -OCH3 is 2. The number of benzene rings is 1. The first-order valence-electron chi connectivity index (χ1n) is 5.65. The molecule has 0 bridgehead atoms. The molecule has 0 amide bonds. The summed E-state index contributed by atoms with van der Waals surface area (Å²) in [6.07, 6.45) is 2.30. The normalized spacial score (nSPS) is 10.4. The lowest BCUT2D eigenvalue weighted by Crippen LogP contribution is -2.02. The zero-order chi connectivity index (χ0) is 13.0. The standard InChI is InChI=1S/C13H16N2O3/c1-16-9-3-4-10(11(7-9)17-2)12-8-15-13(18-12)5-6-14/h3-4,7-8H,5-6,14H2,1-2H3. The van der Waals surface area contributed by atoms with Crippen LogP contribution in [0.5, 0.6) is 11.5 Å². The number of hydrogen-bond donors (Lipinski definition) is 1. The van der Waals surface area contributed by atoms with Crippen LogP contribution in [0.3, 0.4) is 0 Å². The Labute approximate surface area is 106 Å². The molecule has 2 aromatic rings. The molecular weight excluding hydrogens is 232 g/mol. The van der Waals surface area contributed by atoms with Gasteiger partial charge in [0.2, 0.25) is 0 Å². The second kappa shape index (κ2) is 5.55. The van der Waals surface area contributed by atoms with Crippen LogP contribution in [-0.2, 0) is 6.42 Å². The summed E-state index contributed by atoms with van der Waals surface area (Å²) >= 11 is 0. The van der Waals surface area contributed by atoms with Gasteiger partial charge in [0.05, 0.1) is 26.0 Å². The molecule has 0 spiro atoms. The lowest BCUT2D eigenvalue weighted by atomic mass is 10.1. The summed E-state index contributed by atoms with van der Waals surface area (Å²) in [6.45, 7) is 0.514. The third-order valence-electron chi connectivity index (χ3n) is 2.59. The first-order chi connectivity index (χ1) is 8.78. The van der Waals surface area contributed by atoms with Gasteiger partial charge in [0.25, 0.3) is 0 Å². The fourth-order valence-corrected chi connectivity index (χ4v) is 1.68. The molecule has 0 radical (unpaired) electrons. The van der Waals surface area contributed by atoms with Crippen molar-refractivity contribution in [1.29, 1.82) is 0 Å². The minimum Gasteiger partial charge on any atom is -0.497 e. The van der Waals surface area contributed by atoms with Crippen molar-refractivity contribution in [3.05, 3.63) is 30.3 Å². The maximum absolute atomic E-state index is 5.61. The van der Waals surface area contributed by atoms with Gasteiger partial charge < -0.3 is 19.6 Å². The smallest absolute Gasteiger partial charge is 0.196 e. The highest BCUT2D eigenvalue weighted by atomic mass is 16.5. The van der Waals surface area contributed by atoms with Crippen LogP contribution in [0.15, 0.2) is 28.8 Å².